The number of methoxy groups -OCH3 is 1. The SMILES string of the molecule is COc1ccc(C2CC(c3c(OC(C)=O)ccc4ccccc34)=NN2C(C)=O)cc1. The third-order valence-corrected chi connectivity index (χ3v) is 5.17. The van der Waals surface area contributed by atoms with Gasteiger partial charge in [0.15, 0.2) is 0 Å². The number of amides is 1. The van der Waals surface area contributed by atoms with Crippen LogP contribution in [-0.2, 0) is 9.59 Å². The molecule has 4 rings (SSSR count). The van der Waals surface area contributed by atoms with Crippen LogP contribution >= 0.6 is 0 Å². The van der Waals surface area contributed by atoms with Gasteiger partial charge in [-0.15, -0.1) is 0 Å². The zero-order valence-corrected chi connectivity index (χ0v) is 17.1. The minimum absolute atomic E-state index is 0.153. The van der Waals surface area contributed by atoms with E-state index in [4.69, 9.17) is 9.47 Å². The van der Waals surface area contributed by atoms with Crippen molar-refractivity contribution in [1.29, 1.82) is 0 Å². The molecule has 0 radical (unpaired) electrons. The molecule has 1 atom stereocenters. The van der Waals surface area contributed by atoms with E-state index < -0.39 is 5.97 Å². The number of hydrogen-bond donors (Lipinski definition) is 0. The first-order valence-electron chi connectivity index (χ1n) is 9.69. The number of ether oxygens (including phenoxy) is 2. The minimum atomic E-state index is -0.403. The van der Waals surface area contributed by atoms with Crippen molar-refractivity contribution in [2.45, 2.75) is 26.3 Å². The Bertz CT molecular complexity index is 1150. The van der Waals surface area contributed by atoms with Crippen molar-refractivity contribution >= 4 is 28.4 Å². The highest BCUT2D eigenvalue weighted by atomic mass is 16.5. The third-order valence-electron chi connectivity index (χ3n) is 5.17. The molecule has 0 N–H and O–H groups in total. The molecular formula is C24H22N2O4. The standard InChI is InChI=1S/C24H22N2O4/c1-15(27)26-22(18-8-11-19(29-3)12-9-18)14-21(25-26)24-20-7-5-4-6-17(20)10-13-23(24)30-16(2)28/h4-13,22H,14H2,1-3H3. The quantitative estimate of drug-likeness (QED) is 0.477. The molecule has 3 aromatic carbocycles. The number of esters is 1. The van der Waals surface area contributed by atoms with E-state index in [1.54, 1.807) is 13.2 Å². The summed E-state index contributed by atoms with van der Waals surface area (Å²) in [4.78, 5) is 24.1. The second-order valence-corrected chi connectivity index (χ2v) is 7.16. The van der Waals surface area contributed by atoms with Crippen molar-refractivity contribution in [2.75, 3.05) is 7.11 Å². The topological polar surface area (TPSA) is 68.2 Å². The second kappa shape index (κ2) is 7.99. The van der Waals surface area contributed by atoms with Crippen LogP contribution in [0.1, 0.15) is 37.4 Å². The van der Waals surface area contributed by atoms with E-state index in [9.17, 15) is 9.59 Å². The molecule has 3 aromatic rings. The summed E-state index contributed by atoms with van der Waals surface area (Å²) >= 11 is 0. The molecule has 0 saturated heterocycles. The lowest BCUT2D eigenvalue weighted by atomic mass is 9.94. The van der Waals surface area contributed by atoms with Gasteiger partial charge in [-0.3, -0.25) is 9.59 Å². The number of fused-ring (bicyclic) bond motifs is 1. The van der Waals surface area contributed by atoms with Gasteiger partial charge in [0.2, 0.25) is 5.91 Å². The summed E-state index contributed by atoms with van der Waals surface area (Å²) in [7, 11) is 1.62. The van der Waals surface area contributed by atoms with E-state index in [1.165, 1.54) is 18.9 Å². The molecule has 1 amide bonds. The molecular weight excluding hydrogens is 380 g/mol. The fourth-order valence-electron chi connectivity index (χ4n) is 3.83. The minimum Gasteiger partial charge on any atom is -0.497 e. The maximum absolute atomic E-state index is 12.4. The summed E-state index contributed by atoms with van der Waals surface area (Å²) in [6.45, 7) is 2.87. The number of rotatable bonds is 4. The van der Waals surface area contributed by atoms with E-state index in [2.05, 4.69) is 5.10 Å². The van der Waals surface area contributed by atoms with Crippen molar-refractivity contribution in [1.82, 2.24) is 5.01 Å². The zero-order chi connectivity index (χ0) is 21.3. The fraction of sp³-hybridized carbons (Fsp3) is 0.208. The van der Waals surface area contributed by atoms with E-state index in [-0.39, 0.29) is 11.9 Å². The Morgan fingerprint density at radius 1 is 1.00 bits per heavy atom. The lowest BCUT2D eigenvalue weighted by Crippen LogP contribution is -2.24. The molecule has 30 heavy (non-hydrogen) atoms. The van der Waals surface area contributed by atoms with Crippen molar-refractivity contribution in [3.05, 3.63) is 71.8 Å². The summed E-state index contributed by atoms with van der Waals surface area (Å²) in [6.07, 6.45) is 0.508. The summed E-state index contributed by atoms with van der Waals surface area (Å²) < 4.78 is 10.7. The van der Waals surface area contributed by atoms with E-state index in [1.807, 2.05) is 54.6 Å². The number of hydrazone groups is 1. The van der Waals surface area contributed by atoms with Crippen LogP contribution in [0.3, 0.4) is 0 Å². The van der Waals surface area contributed by atoms with Gasteiger partial charge in [-0.05, 0) is 34.5 Å². The number of benzene rings is 3. The molecule has 0 aliphatic carbocycles. The molecule has 6 heteroatoms. The highest BCUT2D eigenvalue weighted by Gasteiger charge is 2.33. The molecule has 0 bridgehead atoms. The molecule has 0 saturated carbocycles. The third kappa shape index (κ3) is 3.64. The normalized spacial score (nSPS) is 15.8. The van der Waals surface area contributed by atoms with Crippen LogP contribution in [0.2, 0.25) is 0 Å². The smallest absolute Gasteiger partial charge is 0.308 e. The lowest BCUT2D eigenvalue weighted by molar-refractivity contribution is -0.132. The Hall–Kier alpha value is -3.67. The van der Waals surface area contributed by atoms with Crippen LogP contribution in [0.4, 0.5) is 0 Å². The van der Waals surface area contributed by atoms with Gasteiger partial charge in [0.25, 0.3) is 0 Å². The zero-order valence-electron chi connectivity index (χ0n) is 17.1. The Morgan fingerprint density at radius 3 is 2.40 bits per heavy atom. The van der Waals surface area contributed by atoms with Gasteiger partial charge in [-0.25, -0.2) is 5.01 Å². The Balaban J connectivity index is 1.81. The van der Waals surface area contributed by atoms with Gasteiger partial charge >= 0.3 is 5.97 Å². The van der Waals surface area contributed by atoms with E-state index in [0.717, 1.165) is 27.6 Å². The van der Waals surface area contributed by atoms with Gasteiger partial charge < -0.3 is 9.47 Å². The lowest BCUT2D eigenvalue weighted by Gasteiger charge is -2.20. The van der Waals surface area contributed by atoms with Crippen LogP contribution < -0.4 is 9.47 Å². The predicted octanol–water partition coefficient (Wildman–Crippen LogP) is 4.47. The number of carbonyl (C=O) groups excluding carboxylic acids is 2. The van der Waals surface area contributed by atoms with Gasteiger partial charge in [-0.1, -0.05) is 42.5 Å². The molecule has 0 aromatic heterocycles. The van der Waals surface area contributed by atoms with Crippen LogP contribution in [0.15, 0.2) is 65.8 Å². The largest absolute Gasteiger partial charge is 0.497 e. The number of hydrogen-bond acceptors (Lipinski definition) is 5. The van der Waals surface area contributed by atoms with Crippen molar-refractivity contribution in [2.24, 2.45) is 5.10 Å². The fourth-order valence-corrected chi connectivity index (χ4v) is 3.83. The Morgan fingerprint density at radius 2 is 1.73 bits per heavy atom. The molecule has 1 heterocycles. The Kier molecular flexibility index (Phi) is 5.23. The molecule has 6 nitrogen and oxygen atoms in total. The summed E-state index contributed by atoms with van der Waals surface area (Å²) in [5.74, 6) is 0.637. The van der Waals surface area contributed by atoms with Crippen molar-refractivity contribution < 1.29 is 19.1 Å². The summed E-state index contributed by atoms with van der Waals surface area (Å²) in [5, 5.41) is 8.08. The number of carbonyl (C=O) groups is 2. The maximum atomic E-state index is 12.4. The molecule has 1 aliphatic heterocycles. The van der Waals surface area contributed by atoms with Gasteiger partial charge in [0.1, 0.15) is 11.5 Å². The van der Waals surface area contributed by atoms with Crippen molar-refractivity contribution in [3.63, 3.8) is 0 Å². The molecule has 1 unspecified atom stereocenters. The second-order valence-electron chi connectivity index (χ2n) is 7.16. The highest BCUT2D eigenvalue weighted by molar-refractivity contribution is 6.14. The molecule has 0 fully saturated rings. The van der Waals surface area contributed by atoms with Crippen LogP contribution in [0.25, 0.3) is 10.8 Å². The molecule has 0 spiro atoms. The van der Waals surface area contributed by atoms with E-state index in [0.29, 0.717) is 17.9 Å². The summed E-state index contributed by atoms with van der Waals surface area (Å²) in [5.41, 5.74) is 2.41. The van der Waals surface area contributed by atoms with Gasteiger partial charge in [0, 0.05) is 25.8 Å². The van der Waals surface area contributed by atoms with Crippen LogP contribution in [0.5, 0.6) is 11.5 Å². The average Bonchev–Trinajstić information content (AvgIpc) is 3.18. The highest BCUT2D eigenvalue weighted by Crippen LogP contribution is 2.38. The average molecular weight is 402 g/mol. The first-order valence-corrected chi connectivity index (χ1v) is 9.69. The van der Waals surface area contributed by atoms with Crippen molar-refractivity contribution in [3.8, 4) is 11.5 Å². The number of nitrogens with zero attached hydrogens (tertiary/aromatic N) is 2. The Labute approximate surface area is 174 Å². The molecule has 152 valence electrons. The monoisotopic (exact) mass is 402 g/mol. The van der Waals surface area contributed by atoms with Gasteiger partial charge in [0.05, 0.1) is 18.9 Å². The van der Waals surface area contributed by atoms with Crippen LogP contribution in [0, 0.1) is 0 Å². The van der Waals surface area contributed by atoms with Gasteiger partial charge in [-0.2, -0.15) is 5.10 Å². The molecule has 1 aliphatic rings. The first-order chi connectivity index (χ1) is 14.5. The van der Waals surface area contributed by atoms with E-state index >= 15 is 0 Å². The maximum Gasteiger partial charge on any atom is 0.308 e. The predicted molar refractivity (Wildman–Crippen MR) is 115 cm³/mol. The first kappa shape index (κ1) is 19.6. The summed E-state index contributed by atoms with van der Waals surface area (Å²) in [6, 6.07) is 18.9. The van der Waals surface area contributed by atoms with Crippen LogP contribution in [-0.4, -0.2) is 29.7 Å².